The van der Waals surface area contributed by atoms with Gasteiger partial charge in [-0.15, -0.1) is 0 Å². The molecule has 0 atom stereocenters. The van der Waals surface area contributed by atoms with Crippen molar-refractivity contribution in [2.45, 2.75) is 33.9 Å². The number of nitrogens with one attached hydrogen (secondary N) is 1. The van der Waals surface area contributed by atoms with Crippen LogP contribution in [0, 0.1) is 20.8 Å². The average Bonchev–Trinajstić information content (AvgIpc) is 2.61. The Kier molecular flexibility index (Phi) is 5.85. The summed E-state index contributed by atoms with van der Waals surface area (Å²) in [5.74, 6) is 0.854. The number of anilines is 1. The third-order valence-corrected chi connectivity index (χ3v) is 4.62. The van der Waals surface area contributed by atoms with Crippen LogP contribution in [-0.2, 0) is 13.2 Å². The third kappa shape index (κ3) is 4.80. The first-order valence-electron chi connectivity index (χ1n) is 8.79. The van der Waals surface area contributed by atoms with Gasteiger partial charge >= 0.3 is 0 Å². The molecule has 0 bridgehead atoms. The van der Waals surface area contributed by atoms with Crippen LogP contribution in [0.5, 0.6) is 5.75 Å². The van der Waals surface area contributed by atoms with E-state index < -0.39 is 0 Å². The van der Waals surface area contributed by atoms with E-state index in [0.29, 0.717) is 18.2 Å². The predicted molar refractivity (Wildman–Crippen MR) is 110 cm³/mol. The number of halogens is 1. The highest BCUT2D eigenvalue weighted by molar-refractivity contribution is 6.30. The summed E-state index contributed by atoms with van der Waals surface area (Å²) in [7, 11) is 0. The van der Waals surface area contributed by atoms with Crippen molar-refractivity contribution >= 4 is 17.3 Å². The maximum atomic E-state index is 6.20. The van der Waals surface area contributed by atoms with Crippen molar-refractivity contribution in [1.29, 1.82) is 0 Å². The molecule has 0 unspecified atom stereocenters. The van der Waals surface area contributed by atoms with Gasteiger partial charge in [0.1, 0.15) is 12.4 Å². The van der Waals surface area contributed by atoms with Crippen LogP contribution in [0.25, 0.3) is 0 Å². The van der Waals surface area contributed by atoms with Crippen LogP contribution < -0.4 is 10.1 Å². The summed E-state index contributed by atoms with van der Waals surface area (Å²) in [5.41, 5.74) is 7.06. The Morgan fingerprint density at radius 2 is 1.58 bits per heavy atom. The molecule has 0 aliphatic heterocycles. The van der Waals surface area contributed by atoms with E-state index in [9.17, 15) is 0 Å². The van der Waals surface area contributed by atoms with E-state index >= 15 is 0 Å². The Morgan fingerprint density at radius 1 is 0.846 bits per heavy atom. The largest absolute Gasteiger partial charge is 0.489 e. The molecule has 0 aromatic heterocycles. The maximum Gasteiger partial charge on any atom is 0.124 e. The zero-order valence-electron chi connectivity index (χ0n) is 15.5. The molecule has 3 heteroatoms. The van der Waals surface area contributed by atoms with Crippen LogP contribution >= 0.6 is 11.6 Å². The summed E-state index contributed by atoms with van der Waals surface area (Å²) in [5, 5.41) is 4.20. The van der Waals surface area contributed by atoms with Gasteiger partial charge < -0.3 is 10.1 Å². The summed E-state index contributed by atoms with van der Waals surface area (Å²) < 4.78 is 6.06. The molecule has 0 fully saturated rings. The van der Waals surface area contributed by atoms with Crippen LogP contribution in [0.3, 0.4) is 0 Å². The van der Waals surface area contributed by atoms with Crippen molar-refractivity contribution in [3.05, 3.63) is 93.5 Å². The van der Waals surface area contributed by atoms with Gasteiger partial charge in [-0.05, 0) is 56.2 Å². The average molecular weight is 366 g/mol. The fourth-order valence-electron chi connectivity index (χ4n) is 2.87. The molecular formula is C23H24ClNO. The molecule has 0 amide bonds. The smallest absolute Gasteiger partial charge is 0.124 e. The van der Waals surface area contributed by atoms with Gasteiger partial charge in [-0.2, -0.15) is 0 Å². The third-order valence-electron chi connectivity index (χ3n) is 4.39. The molecule has 0 spiro atoms. The lowest BCUT2D eigenvalue weighted by atomic mass is 10.1. The molecule has 3 aromatic rings. The summed E-state index contributed by atoms with van der Waals surface area (Å²) in [6, 6.07) is 20.6. The molecule has 26 heavy (non-hydrogen) atoms. The lowest BCUT2D eigenvalue weighted by Gasteiger charge is -2.15. The zero-order chi connectivity index (χ0) is 18.5. The highest BCUT2D eigenvalue weighted by Crippen LogP contribution is 2.26. The molecule has 2 nitrogen and oxygen atoms in total. The molecule has 134 valence electrons. The van der Waals surface area contributed by atoms with Crippen LogP contribution in [0.4, 0.5) is 5.69 Å². The fourth-order valence-corrected chi connectivity index (χ4v) is 3.07. The van der Waals surface area contributed by atoms with E-state index in [4.69, 9.17) is 16.3 Å². The van der Waals surface area contributed by atoms with Crippen molar-refractivity contribution in [2.75, 3.05) is 5.32 Å². The first kappa shape index (κ1) is 18.3. The molecule has 0 radical (unpaired) electrons. The Hall–Kier alpha value is -2.45. The molecule has 3 rings (SSSR count). The van der Waals surface area contributed by atoms with Gasteiger partial charge in [-0.1, -0.05) is 59.1 Å². The van der Waals surface area contributed by atoms with Crippen molar-refractivity contribution in [3.8, 4) is 5.75 Å². The van der Waals surface area contributed by atoms with Crippen LogP contribution in [0.2, 0.25) is 5.02 Å². The first-order chi connectivity index (χ1) is 12.5. The van der Waals surface area contributed by atoms with Gasteiger partial charge in [0.2, 0.25) is 0 Å². The monoisotopic (exact) mass is 365 g/mol. The summed E-state index contributed by atoms with van der Waals surface area (Å²) in [6.45, 7) is 7.50. The standard InChI is InChI=1S/C23H24ClNO/c1-16-4-7-19(8-5-16)15-26-23-11-9-21(24)13-20(23)14-25-22-10-6-17(2)12-18(22)3/h4-13,25H,14-15H2,1-3H3. The number of hydrogen-bond donors (Lipinski definition) is 1. The van der Waals surface area contributed by atoms with E-state index in [-0.39, 0.29) is 0 Å². The molecule has 0 saturated carbocycles. The van der Waals surface area contributed by atoms with Crippen LogP contribution in [-0.4, -0.2) is 0 Å². The van der Waals surface area contributed by atoms with Crippen molar-refractivity contribution in [3.63, 3.8) is 0 Å². The molecule has 0 aliphatic carbocycles. The number of aryl methyl sites for hydroxylation is 3. The first-order valence-corrected chi connectivity index (χ1v) is 9.17. The number of hydrogen-bond acceptors (Lipinski definition) is 2. The second-order valence-electron chi connectivity index (χ2n) is 6.70. The highest BCUT2D eigenvalue weighted by Gasteiger charge is 2.07. The van der Waals surface area contributed by atoms with Gasteiger partial charge in [0.25, 0.3) is 0 Å². The number of rotatable bonds is 6. The topological polar surface area (TPSA) is 21.3 Å². The van der Waals surface area contributed by atoms with Crippen molar-refractivity contribution in [1.82, 2.24) is 0 Å². The van der Waals surface area contributed by atoms with Crippen LogP contribution in [0.1, 0.15) is 27.8 Å². The molecule has 0 aliphatic rings. The fraction of sp³-hybridized carbons (Fsp3) is 0.217. The lowest BCUT2D eigenvalue weighted by molar-refractivity contribution is 0.303. The van der Waals surface area contributed by atoms with Gasteiger partial charge in [0, 0.05) is 22.8 Å². The Morgan fingerprint density at radius 3 is 2.31 bits per heavy atom. The van der Waals surface area contributed by atoms with E-state index in [1.54, 1.807) is 0 Å². The molecule has 1 N–H and O–H groups in total. The summed E-state index contributed by atoms with van der Waals surface area (Å²) in [4.78, 5) is 0. The lowest BCUT2D eigenvalue weighted by Crippen LogP contribution is -2.05. The minimum atomic E-state index is 0.540. The quantitative estimate of drug-likeness (QED) is 0.541. The zero-order valence-corrected chi connectivity index (χ0v) is 16.2. The molecular weight excluding hydrogens is 342 g/mol. The highest BCUT2D eigenvalue weighted by atomic mass is 35.5. The Balaban J connectivity index is 1.71. The van der Waals surface area contributed by atoms with E-state index in [2.05, 4.69) is 68.6 Å². The SMILES string of the molecule is Cc1ccc(COc2ccc(Cl)cc2CNc2ccc(C)cc2C)cc1. The number of ether oxygens (including phenoxy) is 1. The van der Waals surface area contributed by atoms with Crippen molar-refractivity contribution < 1.29 is 4.74 Å². The Bertz CT molecular complexity index is 887. The van der Waals surface area contributed by atoms with E-state index in [0.717, 1.165) is 22.6 Å². The van der Waals surface area contributed by atoms with Gasteiger partial charge in [-0.25, -0.2) is 0 Å². The molecule has 0 heterocycles. The second kappa shape index (κ2) is 8.29. The summed E-state index contributed by atoms with van der Waals surface area (Å²) >= 11 is 6.20. The molecule has 0 saturated heterocycles. The van der Waals surface area contributed by atoms with Gasteiger partial charge in [0.05, 0.1) is 0 Å². The maximum absolute atomic E-state index is 6.20. The van der Waals surface area contributed by atoms with Gasteiger partial charge in [0.15, 0.2) is 0 Å². The van der Waals surface area contributed by atoms with Gasteiger partial charge in [-0.3, -0.25) is 0 Å². The van der Waals surface area contributed by atoms with E-state index in [1.165, 1.54) is 16.7 Å². The second-order valence-corrected chi connectivity index (χ2v) is 7.13. The van der Waals surface area contributed by atoms with Crippen molar-refractivity contribution in [2.24, 2.45) is 0 Å². The number of benzene rings is 3. The minimum Gasteiger partial charge on any atom is -0.489 e. The Labute approximate surface area is 160 Å². The predicted octanol–water partition coefficient (Wildman–Crippen LogP) is 6.46. The van der Waals surface area contributed by atoms with E-state index in [1.807, 2.05) is 18.2 Å². The molecule has 3 aromatic carbocycles. The minimum absolute atomic E-state index is 0.540. The normalized spacial score (nSPS) is 10.6. The van der Waals surface area contributed by atoms with Crippen LogP contribution in [0.15, 0.2) is 60.7 Å². The summed E-state index contributed by atoms with van der Waals surface area (Å²) in [6.07, 6.45) is 0.